The largest absolute Gasteiger partial charge is 0.385 e. The molecule has 0 aliphatic rings. The molecule has 1 N–H and O–H groups in total. The van der Waals surface area contributed by atoms with Crippen LogP contribution in [-0.4, -0.2) is 37.0 Å². The Labute approximate surface area is 178 Å². The van der Waals surface area contributed by atoms with E-state index in [1.807, 2.05) is 56.3 Å². The maximum absolute atomic E-state index is 13.2. The third kappa shape index (κ3) is 6.87. The van der Waals surface area contributed by atoms with Gasteiger partial charge in [0.2, 0.25) is 11.8 Å². The average Bonchev–Trinajstić information content (AvgIpc) is 2.72. The van der Waals surface area contributed by atoms with Crippen LogP contribution in [0, 0.1) is 5.92 Å². The topological polar surface area (TPSA) is 58.6 Å². The van der Waals surface area contributed by atoms with Crippen LogP contribution in [0.15, 0.2) is 54.6 Å². The van der Waals surface area contributed by atoms with Gasteiger partial charge in [0, 0.05) is 37.7 Å². The molecule has 0 heterocycles. The third-order valence-electron chi connectivity index (χ3n) is 4.54. The summed E-state index contributed by atoms with van der Waals surface area (Å²) in [5.41, 5.74) is 1.69. The predicted molar refractivity (Wildman–Crippen MR) is 116 cm³/mol. The summed E-state index contributed by atoms with van der Waals surface area (Å²) in [5.74, 6) is -0.522. The fraction of sp³-hybridized carbons (Fsp3) is 0.391. The summed E-state index contributed by atoms with van der Waals surface area (Å²) in [6, 6.07) is 16.0. The Hall–Kier alpha value is -2.37. The minimum Gasteiger partial charge on any atom is -0.385 e. The van der Waals surface area contributed by atoms with E-state index in [-0.39, 0.29) is 17.7 Å². The van der Waals surface area contributed by atoms with Gasteiger partial charge in [-0.25, -0.2) is 0 Å². The molecule has 2 rings (SSSR count). The maximum atomic E-state index is 13.2. The van der Waals surface area contributed by atoms with E-state index in [4.69, 9.17) is 16.3 Å². The number of hydrogen-bond acceptors (Lipinski definition) is 3. The van der Waals surface area contributed by atoms with Crippen LogP contribution in [0.2, 0.25) is 5.02 Å². The van der Waals surface area contributed by atoms with E-state index in [0.29, 0.717) is 31.1 Å². The van der Waals surface area contributed by atoms with E-state index in [9.17, 15) is 9.59 Å². The molecule has 0 saturated carbocycles. The number of carbonyl (C=O) groups is 2. The molecule has 0 aliphatic heterocycles. The van der Waals surface area contributed by atoms with Crippen molar-refractivity contribution in [3.05, 3.63) is 70.7 Å². The summed E-state index contributed by atoms with van der Waals surface area (Å²) in [7, 11) is 1.63. The first-order valence-corrected chi connectivity index (χ1v) is 10.2. The number of ether oxygens (including phenoxy) is 1. The Morgan fingerprint density at radius 1 is 1.07 bits per heavy atom. The van der Waals surface area contributed by atoms with Crippen molar-refractivity contribution in [2.24, 2.45) is 5.92 Å². The zero-order chi connectivity index (χ0) is 21.2. The Kier molecular flexibility index (Phi) is 9.16. The number of hydrogen-bond donors (Lipinski definition) is 1. The molecular formula is C23H29ClN2O3. The molecule has 0 bridgehead atoms. The van der Waals surface area contributed by atoms with Crippen LogP contribution >= 0.6 is 11.6 Å². The zero-order valence-corrected chi connectivity index (χ0v) is 18.0. The molecule has 156 valence electrons. The van der Waals surface area contributed by atoms with Crippen molar-refractivity contribution < 1.29 is 14.3 Å². The highest BCUT2D eigenvalue weighted by atomic mass is 35.5. The number of carbonyl (C=O) groups excluding carboxylic acids is 2. The molecule has 0 radical (unpaired) electrons. The second-order valence-electron chi connectivity index (χ2n) is 7.20. The maximum Gasteiger partial charge on any atom is 0.247 e. The van der Waals surface area contributed by atoms with E-state index in [0.717, 1.165) is 11.1 Å². The predicted octanol–water partition coefficient (Wildman–Crippen LogP) is 4.22. The second-order valence-corrected chi connectivity index (χ2v) is 7.63. The van der Waals surface area contributed by atoms with Gasteiger partial charge < -0.3 is 15.0 Å². The Bertz CT molecular complexity index is 778. The van der Waals surface area contributed by atoms with Gasteiger partial charge in [-0.1, -0.05) is 67.9 Å². The van der Waals surface area contributed by atoms with Gasteiger partial charge in [0.25, 0.3) is 0 Å². The number of nitrogens with zero attached hydrogens (tertiary/aromatic N) is 1. The van der Waals surface area contributed by atoms with Crippen molar-refractivity contribution >= 4 is 23.4 Å². The molecule has 29 heavy (non-hydrogen) atoms. The lowest BCUT2D eigenvalue weighted by molar-refractivity contribution is -0.144. The highest BCUT2D eigenvalue weighted by Gasteiger charge is 2.32. The number of nitrogens with one attached hydrogen (secondary N) is 1. The van der Waals surface area contributed by atoms with E-state index in [2.05, 4.69) is 5.32 Å². The Balaban J connectivity index is 2.35. The molecule has 0 unspecified atom stereocenters. The standard InChI is InChI=1S/C23H29ClN2O3/c1-17(2)23(28)26(16-18-10-12-20(24)13-11-18)21(19-8-5-4-6-9-19)22(27)25-14-7-15-29-3/h4-6,8-13,17,21H,7,14-16H2,1-3H3,(H,25,27)/t21-/m1/s1. The van der Waals surface area contributed by atoms with Crippen molar-refractivity contribution in [1.82, 2.24) is 10.2 Å². The molecule has 0 aromatic heterocycles. The van der Waals surface area contributed by atoms with Crippen molar-refractivity contribution in [2.75, 3.05) is 20.3 Å². The first-order valence-electron chi connectivity index (χ1n) is 9.80. The van der Waals surface area contributed by atoms with Crippen LogP contribution in [0.3, 0.4) is 0 Å². The second kappa shape index (κ2) is 11.6. The fourth-order valence-corrected chi connectivity index (χ4v) is 3.17. The van der Waals surface area contributed by atoms with Gasteiger partial charge in [0.1, 0.15) is 6.04 Å². The smallest absolute Gasteiger partial charge is 0.247 e. The van der Waals surface area contributed by atoms with Gasteiger partial charge in [0.15, 0.2) is 0 Å². The van der Waals surface area contributed by atoms with Crippen LogP contribution in [0.4, 0.5) is 0 Å². The van der Waals surface area contributed by atoms with Gasteiger partial charge in [0.05, 0.1) is 0 Å². The van der Waals surface area contributed by atoms with E-state index in [1.54, 1.807) is 24.1 Å². The monoisotopic (exact) mass is 416 g/mol. The van der Waals surface area contributed by atoms with Crippen LogP contribution in [0.5, 0.6) is 0 Å². The number of rotatable bonds is 10. The highest BCUT2D eigenvalue weighted by Crippen LogP contribution is 2.26. The van der Waals surface area contributed by atoms with Gasteiger partial charge >= 0.3 is 0 Å². The molecular weight excluding hydrogens is 388 g/mol. The summed E-state index contributed by atoms with van der Waals surface area (Å²) in [4.78, 5) is 27.9. The van der Waals surface area contributed by atoms with Crippen LogP contribution in [0.1, 0.15) is 37.4 Å². The van der Waals surface area contributed by atoms with Gasteiger partial charge in [-0.05, 0) is 29.7 Å². The van der Waals surface area contributed by atoms with Gasteiger partial charge in [-0.15, -0.1) is 0 Å². The highest BCUT2D eigenvalue weighted by molar-refractivity contribution is 6.30. The molecule has 5 nitrogen and oxygen atoms in total. The molecule has 2 amide bonds. The summed E-state index contributed by atoms with van der Waals surface area (Å²) in [6.45, 7) is 5.06. The van der Waals surface area contributed by atoms with Gasteiger partial charge in [-0.2, -0.15) is 0 Å². The number of benzene rings is 2. The van der Waals surface area contributed by atoms with Crippen molar-refractivity contribution in [1.29, 1.82) is 0 Å². The molecule has 0 aliphatic carbocycles. The minimum atomic E-state index is -0.718. The van der Waals surface area contributed by atoms with Crippen LogP contribution in [0.25, 0.3) is 0 Å². The van der Waals surface area contributed by atoms with Crippen molar-refractivity contribution in [3.63, 3.8) is 0 Å². The summed E-state index contributed by atoms with van der Waals surface area (Å²) < 4.78 is 5.05. The summed E-state index contributed by atoms with van der Waals surface area (Å²) in [5, 5.41) is 3.58. The van der Waals surface area contributed by atoms with Crippen molar-refractivity contribution in [3.8, 4) is 0 Å². The van der Waals surface area contributed by atoms with Gasteiger partial charge in [-0.3, -0.25) is 9.59 Å². The number of methoxy groups -OCH3 is 1. The third-order valence-corrected chi connectivity index (χ3v) is 4.79. The lowest BCUT2D eigenvalue weighted by Gasteiger charge is -2.33. The molecule has 0 spiro atoms. The average molecular weight is 417 g/mol. The molecule has 2 aromatic rings. The quantitative estimate of drug-likeness (QED) is 0.590. The fourth-order valence-electron chi connectivity index (χ4n) is 3.05. The minimum absolute atomic E-state index is 0.0826. The zero-order valence-electron chi connectivity index (χ0n) is 17.2. The van der Waals surface area contributed by atoms with E-state index in [1.165, 1.54) is 0 Å². The first kappa shape index (κ1) is 22.9. The first-order chi connectivity index (χ1) is 13.9. The summed E-state index contributed by atoms with van der Waals surface area (Å²) >= 11 is 6.00. The molecule has 2 aromatic carbocycles. The number of amides is 2. The number of halogens is 1. The van der Waals surface area contributed by atoms with Crippen molar-refractivity contribution in [2.45, 2.75) is 32.9 Å². The summed E-state index contributed by atoms with van der Waals surface area (Å²) in [6.07, 6.45) is 0.707. The molecule has 0 saturated heterocycles. The Morgan fingerprint density at radius 2 is 1.72 bits per heavy atom. The van der Waals surface area contributed by atoms with Crippen LogP contribution in [-0.2, 0) is 20.9 Å². The van der Waals surface area contributed by atoms with E-state index >= 15 is 0 Å². The molecule has 6 heteroatoms. The molecule has 0 fully saturated rings. The Morgan fingerprint density at radius 3 is 2.31 bits per heavy atom. The van der Waals surface area contributed by atoms with E-state index < -0.39 is 6.04 Å². The lowest BCUT2D eigenvalue weighted by atomic mass is 10.0. The normalized spacial score (nSPS) is 11.9. The SMILES string of the molecule is COCCCNC(=O)[C@@H](c1ccccc1)N(Cc1ccc(Cl)cc1)C(=O)C(C)C. The van der Waals surface area contributed by atoms with Crippen LogP contribution < -0.4 is 5.32 Å². The lowest BCUT2D eigenvalue weighted by Crippen LogP contribution is -2.45. The molecule has 1 atom stereocenters.